The first-order chi connectivity index (χ1) is 13.5. The van der Waals surface area contributed by atoms with Gasteiger partial charge in [-0.05, 0) is 49.4 Å². The number of hydrogen-bond donors (Lipinski definition) is 2. The smallest absolute Gasteiger partial charge is 0.308 e. The number of furan rings is 1. The van der Waals surface area contributed by atoms with Crippen LogP contribution in [0.25, 0.3) is 0 Å². The molecule has 0 saturated heterocycles. The van der Waals surface area contributed by atoms with Crippen LogP contribution in [0.15, 0.2) is 47.1 Å². The van der Waals surface area contributed by atoms with Crippen LogP contribution in [-0.2, 0) is 20.7 Å². The van der Waals surface area contributed by atoms with E-state index in [0.717, 1.165) is 24.8 Å². The van der Waals surface area contributed by atoms with Crippen LogP contribution in [0.1, 0.15) is 53.9 Å². The number of nitrogens with one attached hydrogen (secondary N) is 2. The number of aryl methyl sites for hydroxylation is 1. The summed E-state index contributed by atoms with van der Waals surface area (Å²) < 4.78 is 10.2. The quantitative estimate of drug-likeness (QED) is 0.715. The van der Waals surface area contributed by atoms with Crippen molar-refractivity contribution in [1.29, 1.82) is 0 Å². The molecule has 2 amide bonds. The summed E-state index contributed by atoms with van der Waals surface area (Å²) in [4.78, 5) is 36.1. The molecule has 0 unspecified atom stereocenters. The molecule has 28 heavy (non-hydrogen) atoms. The maximum Gasteiger partial charge on any atom is 0.308 e. The van der Waals surface area contributed by atoms with Crippen molar-refractivity contribution in [3.8, 4) is 0 Å². The van der Waals surface area contributed by atoms with E-state index >= 15 is 0 Å². The Labute approximate surface area is 163 Å². The third-order valence-corrected chi connectivity index (χ3v) is 4.72. The van der Waals surface area contributed by atoms with Gasteiger partial charge in [0.05, 0.1) is 18.7 Å². The number of rotatable bonds is 7. The number of amides is 2. The van der Waals surface area contributed by atoms with Crippen LogP contribution in [0.2, 0.25) is 0 Å². The van der Waals surface area contributed by atoms with Gasteiger partial charge in [-0.25, -0.2) is 0 Å². The summed E-state index contributed by atoms with van der Waals surface area (Å²) in [6.07, 6.45) is 3.34. The molecule has 0 aliphatic heterocycles. The van der Waals surface area contributed by atoms with Gasteiger partial charge in [-0.15, -0.1) is 0 Å². The molecule has 1 aliphatic rings. The molecule has 0 bridgehead atoms. The van der Waals surface area contributed by atoms with Gasteiger partial charge in [-0.1, -0.05) is 24.3 Å². The Balaban J connectivity index is 1.43. The van der Waals surface area contributed by atoms with Crippen molar-refractivity contribution in [2.45, 2.75) is 44.8 Å². The van der Waals surface area contributed by atoms with Gasteiger partial charge in [0.1, 0.15) is 0 Å². The molecule has 7 heteroatoms. The van der Waals surface area contributed by atoms with Crippen LogP contribution >= 0.6 is 0 Å². The predicted octanol–water partition coefficient (Wildman–Crippen LogP) is 2.53. The first-order valence-electron chi connectivity index (χ1n) is 9.44. The van der Waals surface area contributed by atoms with E-state index in [9.17, 15) is 14.4 Å². The molecule has 7 nitrogen and oxygen atoms in total. The van der Waals surface area contributed by atoms with E-state index in [1.165, 1.54) is 17.9 Å². The molecular weight excluding hydrogens is 360 g/mol. The SMILES string of the molecule is C[C@H](OC(=O)CCNC(=O)c1ccco1)C(=O)N[C@@H]1CCCc2ccccc21. The van der Waals surface area contributed by atoms with E-state index in [1.54, 1.807) is 13.0 Å². The van der Waals surface area contributed by atoms with Crippen molar-refractivity contribution in [1.82, 2.24) is 10.6 Å². The van der Waals surface area contributed by atoms with Crippen LogP contribution in [-0.4, -0.2) is 30.4 Å². The van der Waals surface area contributed by atoms with E-state index in [-0.39, 0.29) is 30.7 Å². The Morgan fingerprint density at radius 3 is 2.82 bits per heavy atom. The maximum atomic E-state index is 12.4. The molecule has 1 aromatic carbocycles. The highest BCUT2D eigenvalue weighted by Crippen LogP contribution is 2.29. The highest BCUT2D eigenvalue weighted by molar-refractivity contribution is 5.91. The van der Waals surface area contributed by atoms with Gasteiger partial charge in [0.2, 0.25) is 0 Å². The Morgan fingerprint density at radius 1 is 1.21 bits per heavy atom. The molecule has 0 saturated carbocycles. The summed E-state index contributed by atoms with van der Waals surface area (Å²) in [5.74, 6) is -1.10. The summed E-state index contributed by atoms with van der Waals surface area (Å²) in [6.45, 7) is 1.64. The first kappa shape index (κ1) is 19.7. The number of fused-ring (bicyclic) bond motifs is 1. The molecule has 2 atom stereocenters. The van der Waals surface area contributed by atoms with Gasteiger partial charge >= 0.3 is 5.97 Å². The standard InChI is InChI=1S/C21H24N2O5/c1-14(28-19(24)11-12-22-21(26)18-10-5-13-27-18)20(25)23-17-9-4-7-15-6-2-3-8-16(15)17/h2-3,5-6,8,10,13-14,17H,4,7,9,11-12H2,1H3,(H,22,26)(H,23,25)/t14-,17+/m0/s1. The van der Waals surface area contributed by atoms with Crippen molar-refractivity contribution in [2.24, 2.45) is 0 Å². The molecule has 0 spiro atoms. The fourth-order valence-corrected chi connectivity index (χ4v) is 3.28. The molecule has 2 aromatic rings. The minimum atomic E-state index is -0.901. The molecule has 0 fully saturated rings. The van der Waals surface area contributed by atoms with E-state index in [4.69, 9.17) is 9.15 Å². The van der Waals surface area contributed by atoms with Crippen molar-refractivity contribution < 1.29 is 23.5 Å². The van der Waals surface area contributed by atoms with Gasteiger partial charge in [-0.3, -0.25) is 14.4 Å². The molecule has 1 aliphatic carbocycles. The molecule has 0 radical (unpaired) electrons. The molecule has 1 aromatic heterocycles. The number of hydrogen-bond acceptors (Lipinski definition) is 5. The lowest BCUT2D eigenvalue weighted by Gasteiger charge is -2.27. The zero-order valence-electron chi connectivity index (χ0n) is 15.8. The highest BCUT2D eigenvalue weighted by atomic mass is 16.5. The van der Waals surface area contributed by atoms with E-state index in [1.807, 2.05) is 18.2 Å². The van der Waals surface area contributed by atoms with Gasteiger partial charge < -0.3 is 19.8 Å². The molecule has 3 rings (SSSR count). The fraction of sp³-hybridized carbons (Fsp3) is 0.381. The van der Waals surface area contributed by atoms with E-state index < -0.39 is 18.0 Å². The number of carbonyl (C=O) groups is 3. The van der Waals surface area contributed by atoms with Crippen LogP contribution in [0, 0.1) is 0 Å². The van der Waals surface area contributed by atoms with E-state index in [2.05, 4.69) is 16.7 Å². The van der Waals surface area contributed by atoms with E-state index in [0.29, 0.717) is 0 Å². The van der Waals surface area contributed by atoms with Crippen LogP contribution in [0.4, 0.5) is 0 Å². The zero-order chi connectivity index (χ0) is 19.9. The second-order valence-corrected chi connectivity index (χ2v) is 6.77. The lowest BCUT2D eigenvalue weighted by molar-refractivity contribution is -0.155. The van der Waals surface area contributed by atoms with Gasteiger partial charge in [0.15, 0.2) is 11.9 Å². The van der Waals surface area contributed by atoms with Crippen molar-refractivity contribution in [2.75, 3.05) is 6.54 Å². The van der Waals surface area contributed by atoms with Gasteiger partial charge in [0.25, 0.3) is 11.8 Å². The largest absolute Gasteiger partial charge is 0.459 e. The average Bonchev–Trinajstić information content (AvgIpc) is 3.23. The van der Waals surface area contributed by atoms with Crippen molar-refractivity contribution >= 4 is 17.8 Å². The third-order valence-electron chi connectivity index (χ3n) is 4.72. The Kier molecular flexibility index (Phi) is 6.47. The Hall–Kier alpha value is -3.09. The summed E-state index contributed by atoms with van der Waals surface area (Å²) in [5, 5.41) is 5.54. The maximum absolute atomic E-state index is 12.4. The molecular formula is C21H24N2O5. The number of benzene rings is 1. The molecule has 2 N–H and O–H groups in total. The van der Waals surface area contributed by atoms with Crippen molar-refractivity contribution in [3.63, 3.8) is 0 Å². The minimum absolute atomic E-state index is 0.0314. The summed E-state index contributed by atoms with van der Waals surface area (Å²) >= 11 is 0. The first-order valence-corrected chi connectivity index (χ1v) is 9.44. The Morgan fingerprint density at radius 2 is 2.04 bits per heavy atom. The summed E-state index contributed by atoms with van der Waals surface area (Å²) in [7, 11) is 0. The highest BCUT2D eigenvalue weighted by Gasteiger charge is 2.25. The number of esters is 1. The second kappa shape index (κ2) is 9.21. The molecule has 148 valence electrons. The lowest BCUT2D eigenvalue weighted by atomic mass is 9.87. The minimum Gasteiger partial charge on any atom is -0.459 e. The van der Waals surface area contributed by atoms with Crippen LogP contribution in [0.5, 0.6) is 0 Å². The number of carbonyl (C=O) groups excluding carboxylic acids is 3. The monoisotopic (exact) mass is 384 g/mol. The predicted molar refractivity (Wildman–Crippen MR) is 101 cm³/mol. The normalized spacial score (nSPS) is 16.5. The van der Waals surface area contributed by atoms with Crippen LogP contribution < -0.4 is 10.6 Å². The summed E-state index contributed by atoms with van der Waals surface area (Å²) in [5.41, 5.74) is 2.37. The number of ether oxygens (including phenoxy) is 1. The third kappa shape index (κ3) is 5.00. The average molecular weight is 384 g/mol. The van der Waals surface area contributed by atoms with Gasteiger partial charge in [-0.2, -0.15) is 0 Å². The topological polar surface area (TPSA) is 97.6 Å². The second-order valence-electron chi connectivity index (χ2n) is 6.77. The van der Waals surface area contributed by atoms with Crippen LogP contribution in [0.3, 0.4) is 0 Å². The summed E-state index contributed by atoms with van der Waals surface area (Å²) in [6, 6.07) is 11.1. The van der Waals surface area contributed by atoms with Crippen molar-refractivity contribution in [3.05, 3.63) is 59.5 Å². The zero-order valence-corrected chi connectivity index (χ0v) is 15.8. The molecule has 1 heterocycles. The fourth-order valence-electron chi connectivity index (χ4n) is 3.28. The Bertz CT molecular complexity index is 831. The van der Waals surface area contributed by atoms with Gasteiger partial charge in [0, 0.05) is 6.54 Å². The lowest BCUT2D eigenvalue weighted by Crippen LogP contribution is -2.39.